The van der Waals surface area contributed by atoms with E-state index in [1.807, 2.05) is 18.2 Å². The smallest absolute Gasteiger partial charge is 0.396 e. The molecule has 2 fully saturated rings. The first-order valence-corrected chi connectivity index (χ1v) is 10.1. The zero-order chi connectivity index (χ0) is 20.5. The normalized spacial score (nSPS) is 25.9. The Balaban J connectivity index is 1.45. The molecule has 2 aliphatic rings. The van der Waals surface area contributed by atoms with Crippen molar-refractivity contribution in [2.75, 3.05) is 32.8 Å². The van der Waals surface area contributed by atoms with Crippen molar-refractivity contribution in [3.05, 3.63) is 71.3 Å². The van der Waals surface area contributed by atoms with Gasteiger partial charge < -0.3 is 5.11 Å². The molecule has 2 aromatic carbocycles. The van der Waals surface area contributed by atoms with Gasteiger partial charge in [-0.05, 0) is 36.1 Å². The quantitative estimate of drug-likeness (QED) is 0.816. The highest BCUT2D eigenvalue weighted by atomic mass is 19.4. The molecule has 2 unspecified atom stereocenters. The maximum Gasteiger partial charge on any atom is 0.416 e. The van der Waals surface area contributed by atoms with Gasteiger partial charge in [0.2, 0.25) is 0 Å². The topological polar surface area (TPSA) is 26.7 Å². The van der Waals surface area contributed by atoms with Crippen LogP contribution in [0.25, 0.3) is 0 Å². The van der Waals surface area contributed by atoms with Crippen LogP contribution >= 0.6 is 0 Å². The molecule has 4 rings (SSSR count). The minimum absolute atomic E-state index is 0.135. The number of halogens is 3. The number of rotatable bonds is 5. The highest BCUT2D eigenvalue weighted by molar-refractivity contribution is 5.29. The molecule has 2 saturated heterocycles. The molecule has 0 aromatic heterocycles. The molecule has 2 heterocycles. The molecular weight excluding hydrogens is 377 g/mol. The van der Waals surface area contributed by atoms with E-state index in [1.165, 1.54) is 11.6 Å². The average Bonchev–Trinajstić information content (AvgIpc) is 3.06. The fourth-order valence-corrected chi connectivity index (χ4v) is 5.00. The molecule has 1 N–H and O–H groups in total. The number of aliphatic hydroxyl groups excluding tert-OH is 1. The highest BCUT2D eigenvalue weighted by Crippen LogP contribution is 2.43. The van der Waals surface area contributed by atoms with E-state index in [9.17, 15) is 18.3 Å². The number of hydrogen-bond acceptors (Lipinski definition) is 3. The lowest BCUT2D eigenvalue weighted by Crippen LogP contribution is -2.48. The molecule has 29 heavy (non-hydrogen) atoms. The van der Waals surface area contributed by atoms with E-state index in [0.29, 0.717) is 18.7 Å². The number of aliphatic hydroxyl groups is 1. The average molecular weight is 404 g/mol. The summed E-state index contributed by atoms with van der Waals surface area (Å²) < 4.78 is 40.0. The van der Waals surface area contributed by atoms with Gasteiger partial charge in [0.25, 0.3) is 0 Å². The first-order chi connectivity index (χ1) is 13.9. The second-order valence-electron chi connectivity index (χ2n) is 8.51. The Morgan fingerprint density at radius 1 is 0.931 bits per heavy atom. The van der Waals surface area contributed by atoms with Gasteiger partial charge in [-0.15, -0.1) is 0 Å². The lowest BCUT2D eigenvalue weighted by molar-refractivity contribution is -0.138. The number of nitrogens with zero attached hydrogens (tertiary/aromatic N) is 2. The van der Waals surface area contributed by atoms with Crippen LogP contribution in [0, 0.1) is 11.3 Å². The van der Waals surface area contributed by atoms with Crippen LogP contribution in [0.4, 0.5) is 13.2 Å². The number of alkyl halides is 3. The summed E-state index contributed by atoms with van der Waals surface area (Å²) >= 11 is 0. The predicted octanol–water partition coefficient (Wildman–Crippen LogP) is 4.02. The van der Waals surface area contributed by atoms with Crippen molar-refractivity contribution in [2.24, 2.45) is 11.3 Å². The molecule has 3 nitrogen and oxygen atoms in total. The molecule has 0 spiro atoms. The molecule has 0 amide bonds. The Bertz CT molecular complexity index is 826. The SMILES string of the molecule is OCC12CCN(Cc3ccccc3C(F)(F)F)CC1CN(Cc1ccccc1)C2. The zero-order valence-corrected chi connectivity index (χ0v) is 16.4. The lowest BCUT2D eigenvalue weighted by atomic mass is 9.73. The Hall–Kier alpha value is -1.89. The fraction of sp³-hybridized carbons (Fsp3) is 0.478. The third-order valence-electron chi connectivity index (χ3n) is 6.57. The molecule has 2 aromatic rings. The number of fused-ring (bicyclic) bond motifs is 1. The van der Waals surface area contributed by atoms with Gasteiger partial charge in [0.05, 0.1) is 12.2 Å². The molecule has 0 saturated carbocycles. The van der Waals surface area contributed by atoms with Gasteiger partial charge in [-0.25, -0.2) is 0 Å². The van der Waals surface area contributed by atoms with Crippen LogP contribution in [0.1, 0.15) is 23.1 Å². The van der Waals surface area contributed by atoms with Crippen LogP contribution in [0.15, 0.2) is 54.6 Å². The van der Waals surface area contributed by atoms with Gasteiger partial charge in [-0.2, -0.15) is 13.2 Å². The molecule has 2 atom stereocenters. The third-order valence-corrected chi connectivity index (χ3v) is 6.57. The summed E-state index contributed by atoms with van der Waals surface area (Å²) in [4.78, 5) is 4.50. The van der Waals surface area contributed by atoms with Crippen molar-refractivity contribution in [2.45, 2.75) is 25.7 Å². The van der Waals surface area contributed by atoms with Crippen molar-refractivity contribution in [1.82, 2.24) is 9.80 Å². The standard InChI is InChI=1S/C23H27F3N2O/c24-23(25,26)21-9-5-4-8-19(21)13-27-11-10-22(17-29)16-28(15-20(22)14-27)12-18-6-2-1-3-7-18/h1-9,20,29H,10-17H2. The maximum atomic E-state index is 13.3. The Kier molecular flexibility index (Phi) is 5.69. The Morgan fingerprint density at radius 2 is 1.62 bits per heavy atom. The summed E-state index contributed by atoms with van der Waals surface area (Å²) in [6.45, 7) is 4.42. The van der Waals surface area contributed by atoms with Crippen LogP contribution in [0.5, 0.6) is 0 Å². The molecule has 156 valence electrons. The number of likely N-dealkylation sites (tertiary alicyclic amines) is 2. The fourth-order valence-electron chi connectivity index (χ4n) is 5.00. The third kappa shape index (κ3) is 4.34. The van der Waals surface area contributed by atoms with Crippen molar-refractivity contribution < 1.29 is 18.3 Å². The van der Waals surface area contributed by atoms with Crippen LogP contribution in [-0.2, 0) is 19.3 Å². The largest absolute Gasteiger partial charge is 0.416 e. The molecule has 0 radical (unpaired) electrons. The summed E-state index contributed by atoms with van der Waals surface area (Å²) in [6.07, 6.45) is -3.52. The predicted molar refractivity (Wildman–Crippen MR) is 106 cm³/mol. The first kappa shape index (κ1) is 20.4. The summed E-state index contributed by atoms with van der Waals surface area (Å²) in [6, 6.07) is 16.1. The van der Waals surface area contributed by atoms with Gasteiger partial charge >= 0.3 is 6.18 Å². The summed E-state index contributed by atoms with van der Waals surface area (Å²) in [7, 11) is 0. The van der Waals surface area contributed by atoms with Crippen LogP contribution < -0.4 is 0 Å². The second-order valence-corrected chi connectivity index (χ2v) is 8.51. The van der Waals surface area contributed by atoms with Crippen molar-refractivity contribution in [3.8, 4) is 0 Å². The summed E-state index contributed by atoms with van der Waals surface area (Å²) in [5.41, 5.74) is 0.886. The van der Waals surface area contributed by atoms with Gasteiger partial charge in [-0.3, -0.25) is 9.80 Å². The van der Waals surface area contributed by atoms with E-state index in [2.05, 4.69) is 21.9 Å². The Labute approximate surface area is 169 Å². The van der Waals surface area contributed by atoms with Gasteiger partial charge in [-0.1, -0.05) is 48.5 Å². The van der Waals surface area contributed by atoms with E-state index in [4.69, 9.17) is 0 Å². The monoisotopic (exact) mass is 404 g/mol. The molecular formula is C23H27F3N2O. The van der Waals surface area contributed by atoms with Crippen molar-refractivity contribution in [3.63, 3.8) is 0 Å². The minimum Gasteiger partial charge on any atom is -0.396 e. The lowest BCUT2D eigenvalue weighted by Gasteiger charge is -2.42. The highest BCUT2D eigenvalue weighted by Gasteiger charge is 2.49. The Morgan fingerprint density at radius 3 is 2.34 bits per heavy atom. The van der Waals surface area contributed by atoms with Crippen molar-refractivity contribution >= 4 is 0 Å². The summed E-state index contributed by atoms with van der Waals surface area (Å²) in [5.74, 6) is 0.267. The zero-order valence-electron chi connectivity index (χ0n) is 16.4. The van der Waals surface area contributed by atoms with E-state index < -0.39 is 11.7 Å². The molecule has 0 bridgehead atoms. The molecule has 2 aliphatic heterocycles. The van der Waals surface area contributed by atoms with Gasteiger partial charge in [0.1, 0.15) is 0 Å². The second kappa shape index (κ2) is 8.09. The molecule has 0 aliphatic carbocycles. The van der Waals surface area contributed by atoms with Gasteiger partial charge in [0, 0.05) is 38.1 Å². The van der Waals surface area contributed by atoms with E-state index in [-0.39, 0.29) is 17.9 Å². The van der Waals surface area contributed by atoms with Crippen molar-refractivity contribution in [1.29, 1.82) is 0 Å². The number of piperidine rings is 1. The number of hydrogen-bond donors (Lipinski definition) is 1. The van der Waals surface area contributed by atoms with Crippen LogP contribution in [0.3, 0.4) is 0 Å². The van der Waals surface area contributed by atoms with Crippen LogP contribution in [0.2, 0.25) is 0 Å². The minimum atomic E-state index is -4.33. The van der Waals surface area contributed by atoms with E-state index in [1.54, 1.807) is 12.1 Å². The van der Waals surface area contributed by atoms with E-state index >= 15 is 0 Å². The summed E-state index contributed by atoms with van der Waals surface area (Å²) in [5, 5.41) is 10.2. The molecule has 6 heteroatoms. The van der Waals surface area contributed by atoms with E-state index in [0.717, 1.165) is 38.7 Å². The first-order valence-electron chi connectivity index (χ1n) is 10.1. The van der Waals surface area contributed by atoms with Crippen LogP contribution in [-0.4, -0.2) is 47.7 Å². The van der Waals surface area contributed by atoms with Gasteiger partial charge in [0.15, 0.2) is 0 Å². The maximum absolute atomic E-state index is 13.3. The number of benzene rings is 2.